The molecule has 5 nitrogen and oxygen atoms in total. The second kappa shape index (κ2) is 6.59. The number of nitrogens with zero attached hydrogens (tertiary/aromatic N) is 2. The molecule has 1 N–H and O–H groups in total. The maximum absolute atomic E-state index is 11.1. The van der Waals surface area contributed by atoms with Gasteiger partial charge in [0, 0.05) is 29.0 Å². The van der Waals surface area contributed by atoms with Crippen LogP contribution in [0.25, 0.3) is 11.0 Å². The molecule has 1 heterocycles. The first-order valence-electron chi connectivity index (χ1n) is 6.06. The number of imidazole rings is 1. The molecule has 20 heavy (non-hydrogen) atoms. The summed E-state index contributed by atoms with van der Waals surface area (Å²) in [6, 6.07) is 6.02. The van der Waals surface area contributed by atoms with Crippen LogP contribution in [0.15, 0.2) is 18.2 Å². The van der Waals surface area contributed by atoms with Gasteiger partial charge < -0.3 is 4.57 Å². The van der Waals surface area contributed by atoms with Gasteiger partial charge in [-0.25, -0.2) is 18.1 Å². The summed E-state index contributed by atoms with van der Waals surface area (Å²) in [5, 5.41) is 0. The van der Waals surface area contributed by atoms with Gasteiger partial charge in [0.05, 0.1) is 17.3 Å². The van der Waals surface area contributed by atoms with Crippen LogP contribution in [-0.4, -0.2) is 36.6 Å². The van der Waals surface area contributed by atoms with Crippen LogP contribution in [0.5, 0.6) is 0 Å². The number of nitrogens with one attached hydrogen (secondary N) is 1. The Morgan fingerprint density at radius 3 is 2.85 bits per heavy atom. The Morgan fingerprint density at radius 1 is 1.45 bits per heavy atom. The monoisotopic (exact) mass is 427 g/mol. The number of aromatic nitrogens is 2. The van der Waals surface area contributed by atoms with Gasteiger partial charge in [-0.05, 0) is 40.8 Å². The van der Waals surface area contributed by atoms with Crippen LogP contribution in [0, 0.1) is 3.57 Å². The zero-order chi connectivity index (χ0) is 14.8. The summed E-state index contributed by atoms with van der Waals surface area (Å²) in [6.07, 6.45) is 1.81. The number of rotatable bonds is 6. The van der Waals surface area contributed by atoms with Crippen molar-refractivity contribution in [1.82, 2.24) is 14.3 Å². The second-order valence-electron chi connectivity index (χ2n) is 4.42. The standard InChI is InChI=1S/C12H15ClIN3O2S/c1-20(18,19)15-6-7-17-11-3-2-9(14)8-10(11)16-12(17)4-5-13/h2-3,8,15H,4-7H2,1H3. The molecule has 0 atom stereocenters. The summed E-state index contributed by atoms with van der Waals surface area (Å²) in [5.74, 6) is 1.37. The minimum atomic E-state index is -3.17. The van der Waals surface area contributed by atoms with Gasteiger partial charge in [-0.2, -0.15) is 0 Å². The van der Waals surface area contributed by atoms with E-state index in [9.17, 15) is 8.42 Å². The maximum atomic E-state index is 11.1. The Kier molecular flexibility index (Phi) is 5.27. The van der Waals surface area contributed by atoms with Crippen LogP contribution in [0.2, 0.25) is 0 Å². The van der Waals surface area contributed by atoms with Crippen LogP contribution >= 0.6 is 34.2 Å². The SMILES string of the molecule is CS(=O)(=O)NCCn1c(CCCl)nc2cc(I)ccc21. The molecule has 0 unspecified atom stereocenters. The molecule has 0 saturated carbocycles. The molecule has 0 radical (unpaired) electrons. The molecule has 1 aromatic carbocycles. The molecule has 0 spiro atoms. The molecular weight excluding hydrogens is 413 g/mol. The van der Waals surface area contributed by atoms with E-state index < -0.39 is 10.0 Å². The number of alkyl halides is 1. The smallest absolute Gasteiger partial charge is 0.208 e. The molecule has 0 bridgehead atoms. The zero-order valence-corrected chi connectivity index (χ0v) is 14.7. The molecule has 0 saturated heterocycles. The fraction of sp³-hybridized carbons (Fsp3) is 0.417. The number of sulfonamides is 1. The van der Waals surface area contributed by atoms with Crippen molar-refractivity contribution in [2.24, 2.45) is 0 Å². The quantitative estimate of drug-likeness (QED) is 0.566. The van der Waals surface area contributed by atoms with E-state index in [1.54, 1.807) is 0 Å². The summed E-state index contributed by atoms with van der Waals surface area (Å²) in [7, 11) is -3.17. The average Bonchev–Trinajstić information content (AvgIpc) is 2.65. The van der Waals surface area contributed by atoms with Crippen LogP contribution < -0.4 is 4.72 Å². The molecule has 8 heteroatoms. The van der Waals surface area contributed by atoms with Gasteiger partial charge in [0.1, 0.15) is 5.82 Å². The summed E-state index contributed by atoms with van der Waals surface area (Å²) >= 11 is 8.05. The van der Waals surface area contributed by atoms with E-state index in [0.717, 1.165) is 26.7 Å². The second-order valence-corrected chi connectivity index (χ2v) is 7.87. The lowest BCUT2D eigenvalue weighted by molar-refractivity contribution is 0.577. The Morgan fingerprint density at radius 2 is 2.20 bits per heavy atom. The van der Waals surface area contributed by atoms with Gasteiger partial charge in [0.15, 0.2) is 0 Å². The highest BCUT2D eigenvalue weighted by Crippen LogP contribution is 2.19. The lowest BCUT2D eigenvalue weighted by Crippen LogP contribution is -2.26. The average molecular weight is 428 g/mol. The van der Waals surface area contributed by atoms with E-state index in [1.165, 1.54) is 0 Å². The molecule has 0 amide bonds. The largest absolute Gasteiger partial charge is 0.327 e. The van der Waals surface area contributed by atoms with Crippen LogP contribution in [0.1, 0.15) is 5.82 Å². The van der Waals surface area contributed by atoms with Crippen molar-refractivity contribution in [3.05, 3.63) is 27.6 Å². The maximum Gasteiger partial charge on any atom is 0.208 e. The molecule has 0 aliphatic carbocycles. The lowest BCUT2D eigenvalue weighted by atomic mass is 10.3. The van der Waals surface area contributed by atoms with Gasteiger partial charge in [0.25, 0.3) is 0 Å². The number of aryl methyl sites for hydroxylation is 1. The molecule has 0 fully saturated rings. The Labute approximate surface area is 136 Å². The minimum absolute atomic E-state index is 0.339. The summed E-state index contributed by atoms with van der Waals surface area (Å²) < 4.78 is 27.9. The Balaban J connectivity index is 2.31. The topological polar surface area (TPSA) is 64.0 Å². The highest BCUT2D eigenvalue weighted by Gasteiger charge is 2.11. The molecular formula is C12H15ClIN3O2S. The molecule has 0 aliphatic rings. The van der Waals surface area contributed by atoms with Gasteiger partial charge in [-0.15, -0.1) is 11.6 Å². The van der Waals surface area contributed by atoms with Gasteiger partial charge >= 0.3 is 0 Å². The van der Waals surface area contributed by atoms with Crippen molar-refractivity contribution in [1.29, 1.82) is 0 Å². The van der Waals surface area contributed by atoms with Crippen LogP contribution in [0.4, 0.5) is 0 Å². The molecule has 110 valence electrons. The van der Waals surface area contributed by atoms with E-state index in [2.05, 4.69) is 32.3 Å². The van der Waals surface area contributed by atoms with Crippen molar-refractivity contribution in [2.75, 3.05) is 18.7 Å². The Bertz CT molecular complexity index is 715. The molecule has 2 aromatic rings. The first-order valence-corrected chi connectivity index (χ1v) is 9.56. The molecule has 2 rings (SSSR count). The molecule has 1 aromatic heterocycles. The molecule has 0 aliphatic heterocycles. The van der Waals surface area contributed by atoms with Crippen molar-refractivity contribution in [3.63, 3.8) is 0 Å². The van der Waals surface area contributed by atoms with E-state index in [4.69, 9.17) is 11.6 Å². The van der Waals surface area contributed by atoms with E-state index in [-0.39, 0.29) is 0 Å². The van der Waals surface area contributed by atoms with Crippen molar-refractivity contribution in [2.45, 2.75) is 13.0 Å². The fourth-order valence-electron chi connectivity index (χ4n) is 2.02. The third-order valence-electron chi connectivity index (χ3n) is 2.81. The predicted molar refractivity (Wildman–Crippen MR) is 89.7 cm³/mol. The number of fused-ring (bicyclic) bond motifs is 1. The van der Waals surface area contributed by atoms with E-state index >= 15 is 0 Å². The zero-order valence-electron chi connectivity index (χ0n) is 10.9. The summed E-state index contributed by atoms with van der Waals surface area (Å²) in [6.45, 7) is 0.877. The summed E-state index contributed by atoms with van der Waals surface area (Å²) in [4.78, 5) is 4.57. The lowest BCUT2D eigenvalue weighted by Gasteiger charge is -2.08. The van der Waals surface area contributed by atoms with Crippen molar-refractivity contribution < 1.29 is 8.42 Å². The number of hydrogen-bond donors (Lipinski definition) is 1. The van der Waals surface area contributed by atoms with Gasteiger partial charge in [0.2, 0.25) is 10.0 Å². The third kappa shape index (κ3) is 4.06. The highest BCUT2D eigenvalue weighted by atomic mass is 127. The van der Waals surface area contributed by atoms with Crippen LogP contribution in [-0.2, 0) is 23.0 Å². The number of benzene rings is 1. The fourth-order valence-corrected chi connectivity index (χ4v) is 3.13. The van der Waals surface area contributed by atoms with Gasteiger partial charge in [-0.3, -0.25) is 0 Å². The first-order chi connectivity index (χ1) is 9.40. The summed E-state index contributed by atoms with van der Waals surface area (Å²) in [5.41, 5.74) is 1.91. The minimum Gasteiger partial charge on any atom is -0.327 e. The van der Waals surface area contributed by atoms with Gasteiger partial charge in [-0.1, -0.05) is 0 Å². The predicted octanol–water partition coefficient (Wildman–Crippen LogP) is 1.97. The van der Waals surface area contributed by atoms with Crippen LogP contribution in [0.3, 0.4) is 0 Å². The van der Waals surface area contributed by atoms with E-state index in [0.29, 0.717) is 25.4 Å². The Hall–Kier alpha value is -0.380. The normalized spacial score (nSPS) is 12.2. The third-order valence-corrected chi connectivity index (χ3v) is 4.40. The van der Waals surface area contributed by atoms with Crippen molar-refractivity contribution >= 4 is 55.2 Å². The highest BCUT2D eigenvalue weighted by molar-refractivity contribution is 14.1. The number of halogens is 2. The van der Waals surface area contributed by atoms with Crippen molar-refractivity contribution in [3.8, 4) is 0 Å². The first kappa shape index (κ1) is 16.0. The number of hydrogen-bond acceptors (Lipinski definition) is 3. The van der Waals surface area contributed by atoms with E-state index in [1.807, 2.05) is 22.8 Å².